The van der Waals surface area contributed by atoms with E-state index in [1.165, 1.54) is 12.1 Å². The van der Waals surface area contributed by atoms with E-state index in [0.717, 1.165) is 0 Å². The maximum atomic E-state index is 10.3. The van der Waals surface area contributed by atoms with Gasteiger partial charge < -0.3 is 15.7 Å². The van der Waals surface area contributed by atoms with Crippen LogP contribution in [0.1, 0.15) is 10.4 Å². The summed E-state index contributed by atoms with van der Waals surface area (Å²) in [5.41, 5.74) is -0.0671. The first-order valence-corrected chi connectivity index (χ1v) is 2.73. The zero-order valence-corrected chi connectivity index (χ0v) is 5.61. The molecule has 0 atom stereocenters. The van der Waals surface area contributed by atoms with Crippen LogP contribution in [0, 0.1) is 0 Å². The van der Waals surface area contributed by atoms with Crippen molar-refractivity contribution in [2.45, 2.75) is 0 Å². The first-order chi connectivity index (χ1) is 4.72. The monoisotopic (exact) mass is 296 g/mol. The van der Waals surface area contributed by atoms with Gasteiger partial charge in [-0.15, -0.1) is 0 Å². The van der Waals surface area contributed by atoms with Gasteiger partial charge in [-0.25, -0.2) is 4.79 Å². The number of carbonyl (C=O) groups is 1. The second-order valence-electron chi connectivity index (χ2n) is 1.82. The Balaban J connectivity index is 0. The summed E-state index contributed by atoms with van der Waals surface area (Å²) in [6.07, 6.45) is 0. The van der Waals surface area contributed by atoms with Crippen LogP contribution >= 0.6 is 0 Å². The minimum absolute atomic E-state index is 0. The Hall–Kier alpha value is 0.0214. The minimum atomic E-state index is -1.11. The number of phenols is 1. The van der Waals surface area contributed by atoms with E-state index >= 15 is 0 Å². The molecule has 0 saturated carbocycles. The second-order valence-corrected chi connectivity index (χ2v) is 1.82. The molecule has 12 heavy (non-hydrogen) atoms. The molecule has 0 aliphatic carbocycles. The van der Waals surface area contributed by atoms with Crippen molar-refractivity contribution >= 4 is 54.9 Å². The molecule has 1 rings (SSSR count). The van der Waals surface area contributed by atoms with Gasteiger partial charge in [0.25, 0.3) is 0 Å². The molecular formula is C7H10BaO4. The summed E-state index contributed by atoms with van der Waals surface area (Å²) in [4.78, 5) is 10.3. The third-order valence-electron chi connectivity index (χ3n) is 1.13. The van der Waals surface area contributed by atoms with Gasteiger partial charge >= 0.3 is 54.9 Å². The number of aromatic hydroxyl groups is 1. The van der Waals surface area contributed by atoms with Gasteiger partial charge in [0.05, 0.1) is 0 Å². The molecule has 0 aliphatic rings. The number of benzene rings is 1. The van der Waals surface area contributed by atoms with Gasteiger partial charge in [-0.2, -0.15) is 0 Å². The van der Waals surface area contributed by atoms with Gasteiger partial charge in [-0.1, -0.05) is 12.1 Å². The van der Waals surface area contributed by atoms with Gasteiger partial charge in [0.1, 0.15) is 11.3 Å². The van der Waals surface area contributed by atoms with E-state index in [1.54, 1.807) is 12.1 Å². The molecule has 64 valence electrons. The van der Waals surface area contributed by atoms with E-state index in [0.29, 0.717) is 0 Å². The quantitative estimate of drug-likeness (QED) is 0.675. The topological polar surface area (TPSA) is 89.0 Å². The molecule has 0 aromatic heterocycles. The van der Waals surface area contributed by atoms with Crippen LogP contribution in [0.15, 0.2) is 24.3 Å². The molecule has 0 spiro atoms. The third kappa shape index (κ3) is 3.61. The summed E-state index contributed by atoms with van der Waals surface area (Å²) in [5, 5.41) is 17.3. The fourth-order valence-corrected chi connectivity index (χ4v) is 0.654. The Labute approximate surface area is 110 Å². The van der Waals surface area contributed by atoms with E-state index in [4.69, 9.17) is 10.2 Å². The van der Waals surface area contributed by atoms with Crippen LogP contribution in [0.2, 0.25) is 0 Å². The molecule has 0 fully saturated rings. The molecule has 1 aromatic rings. The molecule has 0 aliphatic heterocycles. The Morgan fingerprint density at radius 1 is 1.25 bits per heavy atom. The number of hydrogen-bond acceptors (Lipinski definition) is 2. The molecule has 1 aromatic carbocycles. The van der Waals surface area contributed by atoms with E-state index in [-0.39, 0.29) is 65.7 Å². The molecule has 0 radical (unpaired) electrons. The van der Waals surface area contributed by atoms with Crippen molar-refractivity contribution in [1.29, 1.82) is 0 Å². The van der Waals surface area contributed by atoms with Gasteiger partial charge in [-0.05, 0) is 12.1 Å². The summed E-state index contributed by atoms with van der Waals surface area (Å²) < 4.78 is 0. The van der Waals surface area contributed by atoms with E-state index in [9.17, 15) is 4.79 Å². The normalized spacial score (nSPS) is 7.67. The Bertz CT molecular complexity index is 261. The summed E-state index contributed by atoms with van der Waals surface area (Å²) >= 11 is 0. The van der Waals surface area contributed by atoms with Gasteiger partial charge in [0.2, 0.25) is 0 Å². The van der Waals surface area contributed by atoms with Crippen molar-refractivity contribution in [3.8, 4) is 5.75 Å². The molecule has 4 nitrogen and oxygen atoms in total. The van der Waals surface area contributed by atoms with Crippen LogP contribution < -0.4 is 0 Å². The van der Waals surface area contributed by atoms with Crippen LogP contribution in [-0.2, 0) is 0 Å². The first-order valence-electron chi connectivity index (χ1n) is 2.73. The van der Waals surface area contributed by atoms with E-state index in [1.807, 2.05) is 0 Å². The molecule has 4 N–H and O–H groups in total. The number of carboxylic acid groups (broad SMARTS) is 1. The van der Waals surface area contributed by atoms with Crippen molar-refractivity contribution in [2.24, 2.45) is 0 Å². The van der Waals surface area contributed by atoms with E-state index < -0.39 is 5.97 Å². The summed E-state index contributed by atoms with van der Waals surface area (Å²) in [7, 11) is 0. The third-order valence-corrected chi connectivity index (χ3v) is 1.13. The average Bonchev–Trinajstić information content (AvgIpc) is 1.88. The Morgan fingerprint density at radius 2 is 1.75 bits per heavy atom. The van der Waals surface area contributed by atoms with Gasteiger partial charge in [0, 0.05) is 0 Å². The summed E-state index contributed by atoms with van der Waals surface area (Å²) in [6, 6.07) is 5.81. The number of para-hydroxylation sites is 1. The summed E-state index contributed by atoms with van der Waals surface area (Å²) in [5.74, 6) is -1.31. The van der Waals surface area contributed by atoms with Crippen molar-refractivity contribution in [3.63, 3.8) is 0 Å². The zero-order valence-electron chi connectivity index (χ0n) is 5.61. The molecule has 0 unspecified atom stereocenters. The maximum absolute atomic E-state index is 10.3. The fraction of sp³-hybridized carbons (Fsp3) is 0. The predicted molar refractivity (Wildman–Crippen MR) is 47.2 cm³/mol. The zero-order chi connectivity index (χ0) is 7.56. The average molecular weight is 295 g/mol. The number of rotatable bonds is 1. The first kappa shape index (κ1) is 14.5. The summed E-state index contributed by atoms with van der Waals surface area (Å²) in [6.45, 7) is 0. The van der Waals surface area contributed by atoms with Crippen LogP contribution in [0.25, 0.3) is 0 Å². The fourth-order valence-electron chi connectivity index (χ4n) is 0.654. The molecular weight excluding hydrogens is 285 g/mol. The van der Waals surface area contributed by atoms with Gasteiger partial charge in [-0.3, -0.25) is 0 Å². The Morgan fingerprint density at radius 3 is 2.08 bits per heavy atom. The molecule has 0 saturated heterocycles. The van der Waals surface area contributed by atoms with Crippen LogP contribution in [0.5, 0.6) is 5.75 Å². The standard InChI is InChI=1S/C7H6O3.Ba.H2O.2H/c8-6-4-2-1-3-5(6)7(9)10;;;;/h1-4,8H,(H,9,10);;1H2;;. The Kier molecular flexibility index (Phi) is 7.91. The van der Waals surface area contributed by atoms with Crippen molar-refractivity contribution in [3.05, 3.63) is 29.8 Å². The number of aromatic carboxylic acids is 1. The van der Waals surface area contributed by atoms with Crippen LogP contribution in [-0.4, -0.2) is 70.5 Å². The van der Waals surface area contributed by atoms with Crippen LogP contribution in [0.3, 0.4) is 0 Å². The molecule has 0 heterocycles. The van der Waals surface area contributed by atoms with Crippen molar-refractivity contribution < 1.29 is 20.5 Å². The number of carboxylic acids is 1. The number of hydrogen-bond donors (Lipinski definition) is 2. The molecule has 0 amide bonds. The second kappa shape index (κ2) is 6.53. The van der Waals surface area contributed by atoms with Crippen LogP contribution in [0.4, 0.5) is 0 Å². The molecule has 0 bridgehead atoms. The SMILES string of the molecule is O.O=C(O)c1ccccc1O.[BaH2]. The molecule has 5 heteroatoms. The van der Waals surface area contributed by atoms with Crippen molar-refractivity contribution in [1.82, 2.24) is 0 Å². The van der Waals surface area contributed by atoms with Crippen molar-refractivity contribution in [2.75, 3.05) is 0 Å². The van der Waals surface area contributed by atoms with Gasteiger partial charge in [0.15, 0.2) is 0 Å². The van der Waals surface area contributed by atoms with E-state index in [2.05, 4.69) is 0 Å². The predicted octanol–water partition coefficient (Wildman–Crippen LogP) is -0.650.